The summed E-state index contributed by atoms with van der Waals surface area (Å²) in [5.41, 5.74) is 5.33. The van der Waals surface area contributed by atoms with Crippen molar-refractivity contribution in [2.75, 3.05) is 0 Å². The molecule has 1 aromatic carbocycles. The Bertz CT molecular complexity index is 538. The lowest BCUT2D eigenvalue weighted by Crippen LogP contribution is -2.44. The lowest BCUT2D eigenvalue weighted by atomic mass is 10.1. The van der Waals surface area contributed by atoms with Crippen LogP contribution in [0.4, 0.5) is 8.78 Å². The van der Waals surface area contributed by atoms with Gasteiger partial charge in [0, 0.05) is 6.42 Å². The van der Waals surface area contributed by atoms with Gasteiger partial charge < -0.3 is 11.1 Å². The van der Waals surface area contributed by atoms with E-state index < -0.39 is 29.5 Å². The molecule has 0 bridgehead atoms. The SMILES string of the molecule is C#CC[C@@H](NC(=O)Cc1ccc(F)c(F)c1)C(N)=O. The maximum Gasteiger partial charge on any atom is 0.240 e. The molecule has 19 heavy (non-hydrogen) atoms. The number of primary amides is 1. The largest absolute Gasteiger partial charge is 0.368 e. The number of carbonyl (C=O) groups excluding carboxylic acids is 2. The molecular formula is C13H12F2N2O2. The quantitative estimate of drug-likeness (QED) is 0.762. The molecule has 0 radical (unpaired) electrons. The number of hydrogen-bond donors (Lipinski definition) is 2. The van der Waals surface area contributed by atoms with Crippen LogP contribution in [0.2, 0.25) is 0 Å². The van der Waals surface area contributed by atoms with Gasteiger partial charge in [-0.1, -0.05) is 6.07 Å². The van der Waals surface area contributed by atoms with E-state index in [2.05, 4.69) is 11.2 Å². The number of terminal acetylenes is 1. The highest BCUT2D eigenvalue weighted by atomic mass is 19.2. The monoisotopic (exact) mass is 266 g/mol. The maximum atomic E-state index is 12.9. The summed E-state index contributed by atoms with van der Waals surface area (Å²) in [5, 5.41) is 2.33. The maximum absolute atomic E-state index is 12.9. The highest BCUT2D eigenvalue weighted by Crippen LogP contribution is 2.09. The molecule has 1 rings (SSSR count). The number of nitrogens with two attached hydrogens (primary N) is 1. The predicted molar refractivity (Wildman–Crippen MR) is 64.6 cm³/mol. The van der Waals surface area contributed by atoms with E-state index in [-0.39, 0.29) is 18.4 Å². The molecule has 100 valence electrons. The van der Waals surface area contributed by atoms with E-state index in [0.717, 1.165) is 12.1 Å². The Labute approximate surface area is 109 Å². The van der Waals surface area contributed by atoms with Crippen molar-refractivity contribution in [3.63, 3.8) is 0 Å². The van der Waals surface area contributed by atoms with Crippen molar-refractivity contribution >= 4 is 11.8 Å². The van der Waals surface area contributed by atoms with E-state index in [4.69, 9.17) is 12.2 Å². The van der Waals surface area contributed by atoms with Crippen molar-refractivity contribution in [1.82, 2.24) is 5.32 Å². The van der Waals surface area contributed by atoms with E-state index in [1.807, 2.05) is 0 Å². The van der Waals surface area contributed by atoms with Gasteiger partial charge in [0.2, 0.25) is 11.8 Å². The summed E-state index contributed by atoms with van der Waals surface area (Å²) in [4.78, 5) is 22.6. The van der Waals surface area contributed by atoms with Crippen molar-refractivity contribution in [1.29, 1.82) is 0 Å². The van der Waals surface area contributed by atoms with Crippen LogP contribution < -0.4 is 11.1 Å². The fraction of sp³-hybridized carbons (Fsp3) is 0.231. The van der Waals surface area contributed by atoms with Crippen LogP contribution >= 0.6 is 0 Å². The number of hydrogen-bond acceptors (Lipinski definition) is 2. The number of nitrogens with one attached hydrogen (secondary N) is 1. The second-order valence-electron chi connectivity index (χ2n) is 3.86. The Morgan fingerprint density at radius 1 is 1.37 bits per heavy atom. The number of rotatable bonds is 5. The Hall–Kier alpha value is -2.42. The van der Waals surface area contributed by atoms with Gasteiger partial charge in [-0.2, -0.15) is 0 Å². The molecule has 0 aliphatic rings. The Morgan fingerprint density at radius 2 is 2.05 bits per heavy atom. The summed E-state index contributed by atoms with van der Waals surface area (Å²) in [6.07, 6.45) is 4.80. The van der Waals surface area contributed by atoms with Crippen LogP contribution in [0.3, 0.4) is 0 Å². The second kappa shape index (κ2) is 6.50. The minimum absolute atomic E-state index is 0.0289. The van der Waals surface area contributed by atoms with Crippen LogP contribution in [0, 0.1) is 24.0 Å². The van der Waals surface area contributed by atoms with Gasteiger partial charge in [0.1, 0.15) is 6.04 Å². The zero-order valence-electron chi connectivity index (χ0n) is 9.95. The van der Waals surface area contributed by atoms with Gasteiger partial charge >= 0.3 is 0 Å². The van der Waals surface area contributed by atoms with E-state index >= 15 is 0 Å². The average molecular weight is 266 g/mol. The van der Waals surface area contributed by atoms with Crippen LogP contribution in [-0.4, -0.2) is 17.9 Å². The number of carbonyl (C=O) groups is 2. The van der Waals surface area contributed by atoms with Gasteiger partial charge in [0.25, 0.3) is 0 Å². The minimum atomic E-state index is -1.04. The van der Waals surface area contributed by atoms with Gasteiger partial charge in [-0.15, -0.1) is 12.3 Å². The third-order valence-electron chi connectivity index (χ3n) is 2.35. The molecular weight excluding hydrogens is 254 g/mol. The molecule has 3 N–H and O–H groups in total. The summed E-state index contributed by atoms with van der Waals surface area (Å²) in [6, 6.07) is 2.14. The lowest BCUT2D eigenvalue weighted by molar-refractivity contribution is -0.126. The van der Waals surface area contributed by atoms with Crippen LogP contribution in [0.25, 0.3) is 0 Å². The van der Waals surface area contributed by atoms with Crippen LogP contribution in [0.5, 0.6) is 0 Å². The van der Waals surface area contributed by atoms with Crippen LogP contribution in [-0.2, 0) is 16.0 Å². The second-order valence-corrected chi connectivity index (χ2v) is 3.86. The molecule has 6 heteroatoms. The van der Waals surface area contributed by atoms with Crippen LogP contribution in [0.15, 0.2) is 18.2 Å². The normalized spacial score (nSPS) is 11.4. The topological polar surface area (TPSA) is 72.2 Å². The summed E-state index contributed by atoms with van der Waals surface area (Å²) in [5.74, 6) is -1.13. The third-order valence-corrected chi connectivity index (χ3v) is 2.35. The van der Waals surface area contributed by atoms with Gasteiger partial charge in [-0.05, 0) is 17.7 Å². The Morgan fingerprint density at radius 3 is 2.58 bits per heavy atom. The van der Waals surface area contributed by atoms with E-state index in [9.17, 15) is 18.4 Å². The number of amides is 2. The molecule has 0 aliphatic heterocycles. The van der Waals surface area contributed by atoms with E-state index in [1.54, 1.807) is 0 Å². The predicted octanol–water partition coefficient (Wildman–Crippen LogP) is 0.501. The first kappa shape index (κ1) is 14.6. The summed E-state index contributed by atoms with van der Waals surface area (Å²) >= 11 is 0. The molecule has 0 unspecified atom stereocenters. The third kappa shape index (κ3) is 4.39. The van der Waals surface area contributed by atoms with Gasteiger partial charge in [-0.25, -0.2) is 8.78 Å². The first-order chi connectivity index (χ1) is 8.93. The molecule has 1 aromatic rings. The molecule has 0 aromatic heterocycles. The lowest BCUT2D eigenvalue weighted by Gasteiger charge is -2.12. The molecule has 1 atom stereocenters. The Kier molecular flexibility index (Phi) is 5.01. The minimum Gasteiger partial charge on any atom is -0.368 e. The standard InChI is InChI=1S/C13H12F2N2O2/c1-2-3-11(13(16)19)17-12(18)7-8-4-5-9(14)10(15)6-8/h1,4-6,11H,3,7H2,(H2,16,19)(H,17,18)/t11-/m1/s1. The zero-order valence-corrected chi connectivity index (χ0v) is 9.95. The summed E-state index contributed by atoms with van der Waals surface area (Å²) in [7, 11) is 0. The fourth-order valence-electron chi connectivity index (χ4n) is 1.42. The van der Waals surface area contributed by atoms with Crippen molar-refractivity contribution in [2.45, 2.75) is 18.9 Å². The van der Waals surface area contributed by atoms with E-state index in [1.165, 1.54) is 6.07 Å². The summed E-state index contributed by atoms with van der Waals surface area (Å²) < 4.78 is 25.6. The molecule has 0 fully saturated rings. The highest BCUT2D eigenvalue weighted by molar-refractivity contribution is 5.87. The van der Waals surface area contributed by atoms with Crippen molar-refractivity contribution < 1.29 is 18.4 Å². The average Bonchev–Trinajstić information content (AvgIpc) is 2.33. The molecule has 0 spiro atoms. The Balaban J connectivity index is 2.66. The molecule has 0 saturated carbocycles. The van der Waals surface area contributed by atoms with Crippen molar-refractivity contribution in [3.05, 3.63) is 35.4 Å². The van der Waals surface area contributed by atoms with Crippen molar-refractivity contribution in [3.8, 4) is 12.3 Å². The molecule has 0 aliphatic carbocycles. The zero-order chi connectivity index (χ0) is 14.4. The van der Waals surface area contributed by atoms with Crippen molar-refractivity contribution in [2.24, 2.45) is 5.73 Å². The van der Waals surface area contributed by atoms with E-state index in [0.29, 0.717) is 0 Å². The van der Waals surface area contributed by atoms with Gasteiger partial charge in [-0.3, -0.25) is 9.59 Å². The smallest absolute Gasteiger partial charge is 0.240 e. The highest BCUT2D eigenvalue weighted by Gasteiger charge is 2.17. The molecule has 4 nitrogen and oxygen atoms in total. The molecule has 0 saturated heterocycles. The van der Waals surface area contributed by atoms with Gasteiger partial charge in [0.15, 0.2) is 11.6 Å². The number of halogens is 2. The summed E-state index contributed by atoms with van der Waals surface area (Å²) in [6.45, 7) is 0. The molecule has 0 heterocycles. The number of benzene rings is 1. The molecule has 2 amide bonds. The van der Waals surface area contributed by atoms with Gasteiger partial charge in [0.05, 0.1) is 6.42 Å². The first-order valence-corrected chi connectivity index (χ1v) is 5.40. The van der Waals surface area contributed by atoms with Crippen LogP contribution in [0.1, 0.15) is 12.0 Å². The fourth-order valence-corrected chi connectivity index (χ4v) is 1.42. The first-order valence-electron chi connectivity index (χ1n) is 5.40.